The molecular formula is C11H18O6. The smallest absolute Gasteiger partial charge is 0.364 e. The van der Waals surface area contributed by atoms with Gasteiger partial charge >= 0.3 is 5.97 Å². The third kappa shape index (κ3) is 2.44. The molecule has 0 unspecified atom stereocenters. The second-order valence-corrected chi connectivity index (χ2v) is 5.31. The topological polar surface area (TPSA) is 74.2 Å². The Morgan fingerprint density at radius 1 is 0.941 bits per heavy atom. The number of aliphatic carboxylic acids is 1. The van der Waals surface area contributed by atoms with Crippen LogP contribution in [0.25, 0.3) is 0 Å². The summed E-state index contributed by atoms with van der Waals surface area (Å²) in [5.41, 5.74) is -0.398. The van der Waals surface area contributed by atoms with Gasteiger partial charge in [-0.05, 0) is 13.8 Å². The predicted octanol–water partition coefficient (Wildman–Crippen LogP) is 0.603. The third-order valence-corrected chi connectivity index (χ3v) is 3.15. The lowest BCUT2D eigenvalue weighted by atomic mass is 9.89. The van der Waals surface area contributed by atoms with E-state index in [1.54, 1.807) is 0 Å². The van der Waals surface area contributed by atoms with Gasteiger partial charge in [0.15, 0.2) is 5.79 Å². The predicted molar refractivity (Wildman–Crippen MR) is 56.4 cm³/mol. The van der Waals surface area contributed by atoms with Crippen molar-refractivity contribution in [3.8, 4) is 0 Å². The molecule has 98 valence electrons. The fourth-order valence-corrected chi connectivity index (χ4v) is 1.69. The monoisotopic (exact) mass is 246 g/mol. The van der Waals surface area contributed by atoms with Crippen LogP contribution in [0.3, 0.4) is 0 Å². The van der Waals surface area contributed by atoms with Gasteiger partial charge in [0.25, 0.3) is 5.79 Å². The van der Waals surface area contributed by atoms with Crippen LogP contribution in [0, 0.1) is 5.41 Å². The molecular weight excluding hydrogens is 228 g/mol. The number of ether oxygens (including phenoxy) is 4. The van der Waals surface area contributed by atoms with Crippen molar-refractivity contribution < 1.29 is 28.8 Å². The van der Waals surface area contributed by atoms with E-state index < -0.39 is 23.0 Å². The Bertz CT molecular complexity index is 304. The number of hydrogen-bond donors (Lipinski definition) is 1. The van der Waals surface area contributed by atoms with Gasteiger partial charge in [-0.25, -0.2) is 4.79 Å². The minimum absolute atomic E-state index is 0.256. The average molecular weight is 246 g/mol. The lowest BCUT2D eigenvalue weighted by molar-refractivity contribution is -0.349. The normalized spacial score (nSPS) is 30.1. The van der Waals surface area contributed by atoms with Crippen LogP contribution in [0.15, 0.2) is 0 Å². The van der Waals surface area contributed by atoms with Crippen LogP contribution in [0.4, 0.5) is 0 Å². The highest BCUT2D eigenvalue weighted by Gasteiger charge is 2.50. The summed E-state index contributed by atoms with van der Waals surface area (Å²) in [5, 5.41) is 8.95. The van der Waals surface area contributed by atoms with Gasteiger partial charge in [0.2, 0.25) is 0 Å². The van der Waals surface area contributed by atoms with E-state index in [2.05, 4.69) is 0 Å². The average Bonchev–Trinajstić information content (AvgIpc) is 2.27. The molecule has 2 aliphatic heterocycles. The summed E-state index contributed by atoms with van der Waals surface area (Å²) < 4.78 is 21.7. The van der Waals surface area contributed by atoms with Crippen molar-refractivity contribution in [3.05, 3.63) is 0 Å². The second kappa shape index (κ2) is 3.91. The van der Waals surface area contributed by atoms with Crippen molar-refractivity contribution >= 4 is 5.97 Å². The first kappa shape index (κ1) is 12.8. The number of carboxylic acids is 1. The first-order chi connectivity index (χ1) is 7.77. The highest BCUT2D eigenvalue weighted by molar-refractivity contribution is 5.75. The van der Waals surface area contributed by atoms with Gasteiger partial charge in [-0.1, -0.05) is 0 Å². The van der Waals surface area contributed by atoms with E-state index in [1.165, 1.54) is 6.92 Å². The maximum absolute atomic E-state index is 10.9. The number of hydrogen-bond acceptors (Lipinski definition) is 5. The molecule has 0 amide bonds. The summed E-state index contributed by atoms with van der Waals surface area (Å²) in [6.45, 7) is 6.47. The van der Waals surface area contributed by atoms with Crippen molar-refractivity contribution in [2.75, 3.05) is 26.4 Å². The van der Waals surface area contributed by atoms with Crippen molar-refractivity contribution in [2.45, 2.75) is 32.3 Å². The van der Waals surface area contributed by atoms with Gasteiger partial charge < -0.3 is 24.1 Å². The number of rotatable bonds is 1. The van der Waals surface area contributed by atoms with Crippen LogP contribution in [-0.4, -0.2) is 49.1 Å². The molecule has 0 aromatic carbocycles. The van der Waals surface area contributed by atoms with E-state index >= 15 is 0 Å². The van der Waals surface area contributed by atoms with Crippen molar-refractivity contribution in [1.82, 2.24) is 0 Å². The molecule has 2 heterocycles. The summed E-state index contributed by atoms with van der Waals surface area (Å²) in [7, 11) is 0. The Balaban J connectivity index is 1.97. The Morgan fingerprint density at radius 3 is 1.76 bits per heavy atom. The van der Waals surface area contributed by atoms with E-state index in [-0.39, 0.29) is 13.2 Å². The van der Waals surface area contributed by atoms with Gasteiger partial charge in [0, 0.05) is 6.92 Å². The molecule has 0 bridgehead atoms. The van der Waals surface area contributed by atoms with E-state index in [0.29, 0.717) is 13.2 Å². The molecule has 0 atom stereocenters. The van der Waals surface area contributed by atoms with Crippen LogP contribution in [0.2, 0.25) is 0 Å². The van der Waals surface area contributed by atoms with E-state index in [0.717, 1.165) is 0 Å². The maximum Gasteiger partial charge on any atom is 0.364 e. The van der Waals surface area contributed by atoms with Crippen LogP contribution < -0.4 is 0 Å². The van der Waals surface area contributed by atoms with Crippen LogP contribution in [-0.2, 0) is 23.7 Å². The number of carbonyl (C=O) groups is 1. The van der Waals surface area contributed by atoms with Crippen molar-refractivity contribution in [1.29, 1.82) is 0 Å². The van der Waals surface area contributed by atoms with Gasteiger partial charge in [-0.3, -0.25) is 0 Å². The highest BCUT2D eigenvalue weighted by atomic mass is 16.7. The molecule has 17 heavy (non-hydrogen) atoms. The standard InChI is InChI=1S/C11H18O6/c1-9(2)14-4-11(5-15-9)6-16-10(3,8(12)13)17-7-11/h4-7H2,1-3H3,(H,12,13). The maximum atomic E-state index is 10.9. The molecule has 0 aromatic rings. The zero-order valence-corrected chi connectivity index (χ0v) is 10.3. The van der Waals surface area contributed by atoms with Gasteiger partial charge in [0.1, 0.15) is 0 Å². The first-order valence-corrected chi connectivity index (χ1v) is 5.56. The van der Waals surface area contributed by atoms with Crippen LogP contribution in [0.5, 0.6) is 0 Å². The molecule has 0 aromatic heterocycles. The first-order valence-electron chi connectivity index (χ1n) is 5.56. The van der Waals surface area contributed by atoms with Gasteiger partial charge in [-0.2, -0.15) is 0 Å². The number of carboxylic acid groups (broad SMARTS) is 1. The fraction of sp³-hybridized carbons (Fsp3) is 0.909. The van der Waals surface area contributed by atoms with Gasteiger partial charge in [0.05, 0.1) is 31.8 Å². The molecule has 2 saturated heterocycles. The Morgan fingerprint density at radius 2 is 1.35 bits per heavy atom. The van der Waals surface area contributed by atoms with Gasteiger partial charge in [-0.15, -0.1) is 0 Å². The third-order valence-electron chi connectivity index (χ3n) is 3.15. The van der Waals surface area contributed by atoms with Crippen LogP contribution >= 0.6 is 0 Å². The largest absolute Gasteiger partial charge is 0.477 e. The molecule has 0 saturated carbocycles. The summed E-state index contributed by atoms with van der Waals surface area (Å²) >= 11 is 0. The lowest BCUT2D eigenvalue weighted by Gasteiger charge is -2.47. The molecule has 2 rings (SSSR count). The lowest BCUT2D eigenvalue weighted by Crippen LogP contribution is -2.59. The summed E-state index contributed by atoms with van der Waals surface area (Å²) in [4.78, 5) is 10.9. The molecule has 0 radical (unpaired) electrons. The van der Waals surface area contributed by atoms with E-state index in [4.69, 9.17) is 24.1 Å². The Kier molecular flexibility index (Phi) is 2.94. The molecule has 1 spiro atoms. The SMILES string of the molecule is CC1(C)OCC2(CO1)COC(C)(C(=O)O)OC2. The Labute approximate surface area is 99.8 Å². The molecule has 0 aliphatic carbocycles. The second-order valence-electron chi connectivity index (χ2n) is 5.31. The van der Waals surface area contributed by atoms with E-state index in [9.17, 15) is 4.79 Å². The summed E-state index contributed by atoms with van der Waals surface area (Å²) in [6, 6.07) is 0. The molecule has 6 nitrogen and oxygen atoms in total. The zero-order chi connectivity index (χ0) is 12.7. The van der Waals surface area contributed by atoms with E-state index in [1.807, 2.05) is 13.8 Å². The highest BCUT2D eigenvalue weighted by Crippen LogP contribution is 2.36. The summed E-state index contributed by atoms with van der Waals surface area (Å²) in [6.07, 6.45) is 0. The summed E-state index contributed by atoms with van der Waals surface area (Å²) in [5.74, 6) is -3.28. The van der Waals surface area contributed by atoms with Crippen molar-refractivity contribution in [2.24, 2.45) is 5.41 Å². The molecule has 6 heteroatoms. The van der Waals surface area contributed by atoms with Crippen molar-refractivity contribution in [3.63, 3.8) is 0 Å². The minimum atomic E-state index is -1.56. The van der Waals surface area contributed by atoms with Crippen LogP contribution in [0.1, 0.15) is 20.8 Å². The molecule has 2 fully saturated rings. The molecule has 2 aliphatic rings. The Hall–Kier alpha value is -0.690. The quantitative estimate of drug-likeness (QED) is 0.730. The molecule has 1 N–H and O–H groups in total. The zero-order valence-electron chi connectivity index (χ0n) is 10.3. The minimum Gasteiger partial charge on any atom is -0.477 e. The fourth-order valence-electron chi connectivity index (χ4n) is 1.69.